The van der Waals surface area contributed by atoms with Crippen LogP contribution in [0.2, 0.25) is 0 Å². The first-order chi connectivity index (χ1) is 14.1. The molecule has 1 aliphatic heterocycles. The Balaban J connectivity index is 1.48. The fourth-order valence-corrected chi connectivity index (χ4v) is 3.82. The molecule has 148 valence electrons. The number of carbonyl (C=O) groups is 1. The minimum absolute atomic E-state index is 0.106. The summed E-state index contributed by atoms with van der Waals surface area (Å²) in [4.78, 5) is 22.1. The van der Waals surface area contributed by atoms with Gasteiger partial charge in [0.2, 0.25) is 5.91 Å². The van der Waals surface area contributed by atoms with Gasteiger partial charge in [-0.05, 0) is 60.7 Å². The van der Waals surface area contributed by atoms with Crippen LogP contribution in [0.15, 0.2) is 67.0 Å². The second kappa shape index (κ2) is 8.40. The van der Waals surface area contributed by atoms with Crippen LogP contribution in [0, 0.1) is 5.82 Å². The molecule has 2 aromatic heterocycles. The predicted molar refractivity (Wildman–Crippen MR) is 113 cm³/mol. The maximum atomic E-state index is 13.0. The van der Waals surface area contributed by atoms with Crippen LogP contribution >= 0.6 is 12.2 Å². The number of benzene rings is 1. The van der Waals surface area contributed by atoms with E-state index in [4.69, 9.17) is 12.2 Å². The van der Waals surface area contributed by atoms with E-state index in [1.165, 1.54) is 24.3 Å². The second-order valence-electron chi connectivity index (χ2n) is 6.75. The summed E-state index contributed by atoms with van der Waals surface area (Å²) in [6.07, 6.45) is 3.86. The molecule has 3 heterocycles. The number of nitrogens with one attached hydrogen (secondary N) is 3. The Kier molecular flexibility index (Phi) is 5.53. The maximum absolute atomic E-state index is 13.0. The first-order valence-corrected chi connectivity index (χ1v) is 9.69. The van der Waals surface area contributed by atoms with Gasteiger partial charge in [-0.25, -0.2) is 4.39 Å². The first kappa shape index (κ1) is 19.1. The standard InChI is InChI=1S/C21H20FN5OS/c22-14-6-8-15(9-7-14)25-18(28)10-13-27-20(17-5-3-12-24-17)19(26-21(27)29)16-4-1-2-11-23-16/h1-9,11-12,19-20,24H,10,13H2,(H,25,28)(H,26,29)/t19-,20+/m0/s1. The summed E-state index contributed by atoms with van der Waals surface area (Å²) >= 11 is 5.56. The summed E-state index contributed by atoms with van der Waals surface area (Å²) in [7, 11) is 0. The summed E-state index contributed by atoms with van der Waals surface area (Å²) < 4.78 is 13.0. The molecule has 4 rings (SSSR count). The van der Waals surface area contributed by atoms with Crippen molar-refractivity contribution in [3.8, 4) is 0 Å². The van der Waals surface area contributed by atoms with Crippen LogP contribution in [0.1, 0.15) is 29.9 Å². The number of aromatic nitrogens is 2. The number of H-pyrrole nitrogens is 1. The zero-order chi connectivity index (χ0) is 20.2. The van der Waals surface area contributed by atoms with E-state index < -0.39 is 0 Å². The van der Waals surface area contributed by atoms with Gasteiger partial charge in [0.1, 0.15) is 5.82 Å². The second-order valence-corrected chi connectivity index (χ2v) is 7.14. The number of nitrogens with zero attached hydrogens (tertiary/aromatic N) is 2. The Morgan fingerprint density at radius 3 is 2.69 bits per heavy atom. The Labute approximate surface area is 173 Å². The third-order valence-corrected chi connectivity index (χ3v) is 5.20. The van der Waals surface area contributed by atoms with Crippen molar-refractivity contribution < 1.29 is 9.18 Å². The topological polar surface area (TPSA) is 73.0 Å². The van der Waals surface area contributed by atoms with Crippen molar-refractivity contribution in [1.82, 2.24) is 20.2 Å². The van der Waals surface area contributed by atoms with Gasteiger partial charge in [0.05, 0.1) is 17.8 Å². The van der Waals surface area contributed by atoms with Gasteiger partial charge in [0.15, 0.2) is 5.11 Å². The summed E-state index contributed by atoms with van der Waals surface area (Å²) in [5.74, 6) is -0.503. The normalized spacial score (nSPS) is 18.5. The number of carbonyl (C=O) groups excluding carboxylic acids is 1. The number of pyridine rings is 1. The predicted octanol–water partition coefficient (Wildman–Crippen LogP) is 3.55. The van der Waals surface area contributed by atoms with Crippen molar-refractivity contribution in [2.75, 3.05) is 11.9 Å². The minimum Gasteiger partial charge on any atom is -0.363 e. The zero-order valence-electron chi connectivity index (χ0n) is 15.5. The van der Waals surface area contributed by atoms with E-state index in [2.05, 4.69) is 20.6 Å². The molecular formula is C21H20FN5OS. The molecule has 1 aliphatic rings. The quantitative estimate of drug-likeness (QED) is 0.543. The van der Waals surface area contributed by atoms with Crippen molar-refractivity contribution in [2.24, 2.45) is 0 Å². The molecular weight excluding hydrogens is 389 g/mol. The number of amides is 1. The highest BCUT2D eigenvalue weighted by Crippen LogP contribution is 2.37. The first-order valence-electron chi connectivity index (χ1n) is 9.28. The van der Waals surface area contributed by atoms with Gasteiger partial charge >= 0.3 is 0 Å². The fourth-order valence-electron chi connectivity index (χ4n) is 3.49. The molecule has 0 saturated carbocycles. The lowest BCUT2D eigenvalue weighted by Crippen LogP contribution is -2.32. The fraction of sp³-hybridized carbons (Fsp3) is 0.190. The van der Waals surface area contributed by atoms with Crippen LogP contribution in [-0.4, -0.2) is 32.4 Å². The zero-order valence-corrected chi connectivity index (χ0v) is 16.3. The molecule has 0 bridgehead atoms. The molecule has 2 atom stereocenters. The summed E-state index contributed by atoms with van der Waals surface area (Å²) in [6.45, 7) is 0.436. The van der Waals surface area contributed by atoms with Gasteiger partial charge in [0.25, 0.3) is 0 Å². The highest BCUT2D eigenvalue weighted by Gasteiger charge is 2.40. The van der Waals surface area contributed by atoms with E-state index in [0.717, 1.165) is 11.4 Å². The van der Waals surface area contributed by atoms with Crippen molar-refractivity contribution in [3.05, 3.63) is 84.2 Å². The Bertz CT molecular complexity index is 978. The molecule has 6 nitrogen and oxygen atoms in total. The average molecular weight is 409 g/mol. The molecule has 3 aromatic rings. The van der Waals surface area contributed by atoms with Crippen LogP contribution in [-0.2, 0) is 4.79 Å². The molecule has 0 aliphatic carbocycles. The Morgan fingerprint density at radius 1 is 1.17 bits per heavy atom. The van der Waals surface area contributed by atoms with Crippen molar-refractivity contribution in [1.29, 1.82) is 0 Å². The van der Waals surface area contributed by atoms with Crippen molar-refractivity contribution >= 4 is 28.9 Å². The highest BCUT2D eigenvalue weighted by molar-refractivity contribution is 7.80. The van der Waals surface area contributed by atoms with E-state index in [1.54, 1.807) is 6.20 Å². The molecule has 1 aromatic carbocycles. The number of rotatable bonds is 6. The Hall–Kier alpha value is -3.26. The summed E-state index contributed by atoms with van der Waals surface area (Å²) in [6, 6.07) is 15.2. The molecule has 1 fully saturated rings. The van der Waals surface area contributed by atoms with Crippen molar-refractivity contribution in [2.45, 2.75) is 18.5 Å². The van der Waals surface area contributed by atoms with Crippen molar-refractivity contribution in [3.63, 3.8) is 0 Å². The lowest BCUT2D eigenvalue weighted by molar-refractivity contribution is -0.116. The molecule has 1 amide bonds. The number of anilines is 1. The number of halogens is 1. The maximum Gasteiger partial charge on any atom is 0.226 e. The number of thiocarbonyl (C=S) groups is 1. The SMILES string of the molecule is O=C(CCN1C(=S)N[C@@H](c2ccccn2)[C@H]1c1ccc[nH]1)Nc1ccc(F)cc1. The van der Waals surface area contributed by atoms with Gasteiger partial charge < -0.3 is 20.5 Å². The van der Waals surface area contributed by atoms with Gasteiger partial charge in [0, 0.05) is 36.7 Å². The molecule has 0 radical (unpaired) electrons. The highest BCUT2D eigenvalue weighted by atomic mass is 32.1. The monoisotopic (exact) mass is 409 g/mol. The molecule has 8 heteroatoms. The van der Waals surface area contributed by atoms with Crippen LogP contribution in [0.3, 0.4) is 0 Å². The van der Waals surface area contributed by atoms with E-state index in [-0.39, 0.29) is 30.2 Å². The number of hydrogen-bond acceptors (Lipinski definition) is 3. The van der Waals surface area contributed by atoms with Crippen LogP contribution in [0.25, 0.3) is 0 Å². The molecule has 29 heavy (non-hydrogen) atoms. The van der Waals surface area contributed by atoms with E-state index in [0.29, 0.717) is 17.3 Å². The minimum atomic E-state index is -0.342. The summed E-state index contributed by atoms with van der Waals surface area (Å²) in [5.41, 5.74) is 2.44. The van der Waals surface area contributed by atoms with E-state index in [1.807, 2.05) is 41.4 Å². The van der Waals surface area contributed by atoms with Gasteiger partial charge in [-0.3, -0.25) is 9.78 Å². The van der Waals surface area contributed by atoms with Crippen LogP contribution in [0.5, 0.6) is 0 Å². The average Bonchev–Trinajstić information content (AvgIpc) is 3.36. The van der Waals surface area contributed by atoms with Crippen LogP contribution in [0.4, 0.5) is 10.1 Å². The Morgan fingerprint density at radius 2 is 2.00 bits per heavy atom. The molecule has 3 N–H and O–H groups in total. The smallest absolute Gasteiger partial charge is 0.226 e. The van der Waals surface area contributed by atoms with Gasteiger partial charge in [-0.15, -0.1) is 0 Å². The molecule has 0 spiro atoms. The van der Waals surface area contributed by atoms with Gasteiger partial charge in [-0.1, -0.05) is 6.07 Å². The number of aromatic amines is 1. The van der Waals surface area contributed by atoms with Crippen LogP contribution < -0.4 is 10.6 Å². The van der Waals surface area contributed by atoms with Gasteiger partial charge in [-0.2, -0.15) is 0 Å². The van der Waals surface area contributed by atoms with E-state index >= 15 is 0 Å². The lowest BCUT2D eigenvalue weighted by atomic mass is 10.0. The van der Waals surface area contributed by atoms with E-state index in [9.17, 15) is 9.18 Å². The largest absolute Gasteiger partial charge is 0.363 e. The lowest BCUT2D eigenvalue weighted by Gasteiger charge is -2.26. The molecule has 1 saturated heterocycles. The third kappa shape index (κ3) is 4.27. The number of hydrogen-bond donors (Lipinski definition) is 3. The third-order valence-electron chi connectivity index (χ3n) is 4.85. The summed E-state index contributed by atoms with van der Waals surface area (Å²) in [5, 5.41) is 6.70. The molecule has 0 unspecified atom stereocenters.